The summed E-state index contributed by atoms with van der Waals surface area (Å²) in [5, 5.41) is 0. The zero-order valence-corrected chi connectivity index (χ0v) is 14.7. The summed E-state index contributed by atoms with van der Waals surface area (Å²) in [5.41, 5.74) is 4.21. The molecular formula is C16H27N3O5. The van der Waals surface area contributed by atoms with Gasteiger partial charge in [0.15, 0.2) is 0 Å². The predicted molar refractivity (Wildman–Crippen MR) is 86.1 cm³/mol. The first-order valence-corrected chi connectivity index (χ1v) is 8.32. The van der Waals surface area contributed by atoms with E-state index in [-0.39, 0.29) is 12.5 Å². The summed E-state index contributed by atoms with van der Waals surface area (Å²) in [6, 6.07) is 0. The van der Waals surface area contributed by atoms with Gasteiger partial charge in [0.25, 0.3) is 0 Å². The molecular weight excluding hydrogens is 314 g/mol. The van der Waals surface area contributed by atoms with Crippen LogP contribution in [0, 0.1) is 0 Å². The SMILES string of the molecule is CC(C)(C)OC(=O)CN1CC2(CCN(C(=O)CCN)CC2)OC1=O. The van der Waals surface area contributed by atoms with Gasteiger partial charge in [-0.1, -0.05) is 0 Å². The maximum atomic E-state index is 12.1. The van der Waals surface area contributed by atoms with E-state index in [1.54, 1.807) is 25.7 Å². The minimum atomic E-state index is -0.613. The largest absolute Gasteiger partial charge is 0.459 e. The van der Waals surface area contributed by atoms with Gasteiger partial charge < -0.3 is 20.1 Å². The minimum Gasteiger partial charge on any atom is -0.459 e. The third-order valence-corrected chi connectivity index (χ3v) is 4.17. The van der Waals surface area contributed by atoms with E-state index in [0.29, 0.717) is 45.4 Å². The van der Waals surface area contributed by atoms with Crippen molar-refractivity contribution in [3.05, 3.63) is 0 Å². The molecule has 0 saturated carbocycles. The molecule has 2 heterocycles. The Bertz CT molecular complexity index is 506. The quantitative estimate of drug-likeness (QED) is 0.747. The van der Waals surface area contributed by atoms with Crippen LogP contribution in [0.4, 0.5) is 4.79 Å². The van der Waals surface area contributed by atoms with Gasteiger partial charge in [-0.25, -0.2) is 4.79 Å². The molecule has 0 bridgehead atoms. The Morgan fingerprint density at radius 3 is 2.46 bits per heavy atom. The summed E-state index contributed by atoms with van der Waals surface area (Å²) >= 11 is 0. The molecule has 0 atom stereocenters. The van der Waals surface area contributed by atoms with Gasteiger partial charge in [0.05, 0.1) is 6.54 Å². The van der Waals surface area contributed by atoms with E-state index < -0.39 is 23.3 Å². The van der Waals surface area contributed by atoms with E-state index in [9.17, 15) is 14.4 Å². The first-order valence-electron chi connectivity index (χ1n) is 8.32. The Morgan fingerprint density at radius 2 is 1.92 bits per heavy atom. The van der Waals surface area contributed by atoms with Crippen molar-refractivity contribution in [1.82, 2.24) is 9.80 Å². The van der Waals surface area contributed by atoms with Crippen LogP contribution in [0.1, 0.15) is 40.0 Å². The highest BCUT2D eigenvalue weighted by Gasteiger charge is 2.48. The van der Waals surface area contributed by atoms with Crippen LogP contribution in [-0.4, -0.2) is 71.7 Å². The smallest absolute Gasteiger partial charge is 0.411 e. The Morgan fingerprint density at radius 1 is 1.29 bits per heavy atom. The average molecular weight is 341 g/mol. The number of carbonyl (C=O) groups is 3. The van der Waals surface area contributed by atoms with E-state index in [4.69, 9.17) is 15.2 Å². The molecule has 0 aliphatic carbocycles. The number of amides is 2. The van der Waals surface area contributed by atoms with Crippen molar-refractivity contribution in [2.75, 3.05) is 32.7 Å². The van der Waals surface area contributed by atoms with Crippen LogP contribution in [0.3, 0.4) is 0 Å². The molecule has 2 N–H and O–H groups in total. The Balaban J connectivity index is 1.88. The van der Waals surface area contributed by atoms with Crippen LogP contribution in [-0.2, 0) is 19.1 Å². The van der Waals surface area contributed by atoms with Crippen LogP contribution in [0.5, 0.6) is 0 Å². The highest BCUT2D eigenvalue weighted by molar-refractivity contribution is 5.80. The van der Waals surface area contributed by atoms with Gasteiger partial charge in [0.2, 0.25) is 5.91 Å². The lowest BCUT2D eigenvalue weighted by atomic mass is 9.91. The molecule has 0 unspecified atom stereocenters. The van der Waals surface area contributed by atoms with Gasteiger partial charge in [-0.15, -0.1) is 0 Å². The van der Waals surface area contributed by atoms with Crippen molar-refractivity contribution in [1.29, 1.82) is 0 Å². The second-order valence-corrected chi connectivity index (χ2v) is 7.41. The molecule has 0 aromatic rings. The molecule has 8 nitrogen and oxygen atoms in total. The van der Waals surface area contributed by atoms with Crippen LogP contribution < -0.4 is 5.73 Å². The monoisotopic (exact) mass is 341 g/mol. The third kappa shape index (κ3) is 4.59. The molecule has 0 aromatic carbocycles. The van der Waals surface area contributed by atoms with E-state index >= 15 is 0 Å². The van der Waals surface area contributed by atoms with Crippen LogP contribution in [0.25, 0.3) is 0 Å². The molecule has 136 valence electrons. The molecule has 0 aromatic heterocycles. The second kappa shape index (κ2) is 6.96. The molecule has 2 aliphatic rings. The van der Waals surface area contributed by atoms with Crippen molar-refractivity contribution < 1.29 is 23.9 Å². The highest BCUT2D eigenvalue weighted by Crippen LogP contribution is 2.33. The zero-order chi connectivity index (χ0) is 18.0. The van der Waals surface area contributed by atoms with Crippen molar-refractivity contribution in [3.63, 3.8) is 0 Å². The predicted octanol–water partition coefficient (Wildman–Crippen LogP) is 0.490. The summed E-state index contributed by atoms with van der Waals surface area (Å²) in [5.74, 6) is -0.422. The summed E-state index contributed by atoms with van der Waals surface area (Å²) in [6.07, 6.45) is 0.972. The Hall–Kier alpha value is -1.83. The summed E-state index contributed by atoms with van der Waals surface area (Å²) in [4.78, 5) is 39.0. The van der Waals surface area contributed by atoms with Crippen molar-refractivity contribution in [2.24, 2.45) is 5.73 Å². The summed E-state index contributed by atoms with van der Waals surface area (Å²) < 4.78 is 10.8. The maximum absolute atomic E-state index is 12.1. The fraction of sp³-hybridized carbons (Fsp3) is 0.812. The maximum Gasteiger partial charge on any atom is 0.411 e. The van der Waals surface area contributed by atoms with E-state index in [0.717, 1.165) is 0 Å². The van der Waals surface area contributed by atoms with Crippen LogP contribution in [0.15, 0.2) is 0 Å². The third-order valence-electron chi connectivity index (χ3n) is 4.17. The molecule has 8 heteroatoms. The number of carbonyl (C=O) groups excluding carboxylic acids is 3. The van der Waals surface area contributed by atoms with Gasteiger partial charge in [0.1, 0.15) is 17.7 Å². The van der Waals surface area contributed by atoms with Crippen molar-refractivity contribution in [3.8, 4) is 0 Å². The minimum absolute atomic E-state index is 0.0299. The van der Waals surface area contributed by atoms with Crippen LogP contribution in [0.2, 0.25) is 0 Å². The normalized spacial score (nSPS) is 20.2. The number of likely N-dealkylation sites (tertiary alicyclic amines) is 1. The zero-order valence-electron chi connectivity index (χ0n) is 14.7. The number of rotatable bonds is 4. The molecule has 24 heavy (non-hydrogen) atoms. The topological polar surface area (TPSA) is 102 Å². The Labute approximate surface area is 142 Å². The lowest BCUT2D eigenvalue weighted by molar-refractivity contribution is -0.155. The van der Waals surface area contributed by atoms with Gasteiger partial charge in [-0.3, -0.25) is 14.5 Å². The van der Waals surface area contributed by atoms with Crippen LogP contribution >= 0.6 is 0 Å². The molecule has 2 saturated heterocycles. The van der Waals surface area contributed by atoms with Crippen molar-refractivity contribution in [2.45, 2.75) is 51.2 Å². The number of nitrogens with two attached hydrogens (primary N) is 1. The number of hydrogen-bond acceptors (Lipinski definition) is 6. The highest BCUT2D eigenvalue weighted by atomic mass is 16.6. The van der Waals surface area contributed by atoms with Gasteiger partial charge in [-0.05, 0) is 20.8 Å². The summed E-state index contributed by atoms with van der Waals surface area (Å²) in [6.45, 7) is 6.98. The first kappa shape index (κ1) is 18.5. The van der Waals surface area contributed by atoms with Gasteiger partial charge in [-0.2, -0.15) is 0 Å². The lowest BCUT2D eigenvalue weighted by Crippen LogP contribution is -2.49. The number of ether oxygens (including phenoxy) is 2. The standard InChI is InChI=1S/C16H27N3O5/c1-15(2,3)23-13(21)10-19-11-16(24-14(19)22)5-8-18(9-6-16)12(20)4-7-17/h4-11,17H2,1-3H3. The number of hydrogen-bond donors (Lipinski definition) is 1. The Kier molecular flexibility index (Phi) is 5.37. The summed E-state index contributed by atoms with van der Waals surface area (Å²) in [7, 11) is 0. The number of nitrogens with zero attached hydrogens (tertiary/aromatic N) is 2. The van der Waals surface area contributed by atoms with E-state index in [1.165, 1.54) is 4.90 Å². The second-order valence-electron chi connectivity index (χ2n) is 7.41. The van der Waals surface area contributed by atoms with Crippen molar-refractivity contribution >= 4 is 18.0 Å². The molecule has 2 aliphatic heterocycles. The van der Waals surface area contributed by atoms with E-state index in [2.05, 4.69) is 0 Å². The average Bonchev–Trinajstić information content (AvgIpc) is 2.73. The number of esters is 1. The van der Waals surface area contributed by atoms with Gasteiger partial charge >= 0.3 is 12.1 Å². The molecule has 2 amide bonds. The van der Waals surface area contributed by atoms with E-state index in [1.807, 2.05) is 0 Å². The molecule has 1 spiro atoms. The number of piperidine rings is 1. The lowest BCUT2D eigenvalue weighted by Gasteiger charge is -2.37. The molecule has 0 radical (unpaired) electrons. The fourth-order valence-electron chi connectivity index (χ4n) is 3.05. The fourth-order valence-corrected chi connectivity index (χ4v) is 3.05. The molecule has 2 rings (SSSR count). The van der Waals surface area contributed by atoms with Gasteiger partial charge in [0, 0.05) is 38.9 Å². The molecule has 2 fully saturated rings. The first-order chi connectivity index (χ1) is 11.1.